The van der Waals surface area contributed by atoms with E-state index >= 15 is 0 Å². The van der Waals surface area contributed by atoms with Crippen molar-refractivity contribution in [2.75, 3.05) is 20.2 Å². The Morgan fingerprint density at radius 1 is 1.04 bits per heavy atom. The van der Waals surface area contributed by atoms with E-state index in [0.29, 0.717) is 24.2 Å². The fraction of sp³-hybridized carbons (Fsp3) is 0.333. The van der Waals surface area contributed by atoms with Gasteiger partial charge in [0.25, 0.3) is 10.0 Å². The van der Waals surface area contributed by atoms with Crippen LogP contribution in [0.15, 0.2) is 41.3 Å². The number of ether oxygens (including phenoxy) is 1. The van der Waals surface area contributed by atoms with Crippen molar-refractivity contribution in [3.05, 3.63) is 36.4 Å². The smallest absolute Gasteiger partial charge is 0.264 e. The molecule has 0 aromatic heterocycles. The molecule has 0 bridgehead atoms. The summed E-state index contributed by atoms with van der Waals surface area (Å²) in [6.07, 6.45) is -0.512. The van der Waals surface area contributed by atoms with E-state index in [2.05, 4.69) is 0 Å². The van der Waals surface area contributed by atoms with Crippen LogP contribution in [-0.4, -0.2) is 45.3 Å². The Bertz CT molecular complexity index is 920. The lowest BCUT2D eigenvalue weighted by molar-refractivity contribution is -0.135. The first-order valence-corrected chi connectivity index (χ1v) is 9.70. The number of fused-ring (bicyclic) bond motifs is 1. The van der Waals surface area contributed by atoms with Crippen LogP contribution in [0.4, 0.5) is 0 Å². The number of hydrogen-bond donors (Lipinski definition) is 1. The third-order valence-corrected chi connectivity index (χ3v) is 5.38. The van der Waals surface area contributed by atoms with Gasteiger partial charge in [0.15, 0.2) is 0 Å². The molecule has 2 rings (SSSR count). The molecule has 0 atom stereocenters. The molecule has 0 unspecified atom stereocenters. The normalized spacial score (nSPS) is 11.2. The van der Waals surface area contributed by atoms with Gasteiger partial charge in [-0.25, -0.2) is 13.1 Å². The number of carbonyl (C=O) groups is 2. The third-order valence-electron chi connectivity index (χ3n) is 4.01. The largest absolute Gasteiger partial charge is 0.497 e. The number of amides is 2. The van der Waals surface area contributed by atoms with Gasteiger partial charge in [0.05, 0.1) is 12.0 Å². The maximum Gasteiger partial charge on any atom is 0.264 e. The number of methoxy groups -OCH3 is 1. The van der Waals surface area contributed by atoms with Gasteiger partial charge >= 0.3 is 0 Å². The molecular weight excluding hydrogens is 356 g/mol. The lowest BCUT2D eigenvalue weighted by Gasteiger charge is -2.18. The zero-order valence-corrected chi connectivity index (χ0v) is 15.8. The first kappa shape index (κ1) is 19.7. The van der Waals surface area contributed by atoms with Crippen LogP contribution in [0, 0.1) is 0 Å². The van der Waals surface area contributed by atoms with Gasteiger partial charge in [0, 0.05) is 13.1 Å². The van der Waals surface area contributed by atoms with Crippen molar-refractivity contribution in [3.8, 4) is 5.75 Å². The second-order valence-electron chi connectivity index (χ2n) is 5.65. The van der Waals surface area contributed by atoms with E-state index in [4.69, 9.17) is 4.74 Å². The molecule has 2 aromatic rings. The molecule has 8 heteroatoms. The molecule has 0 saturated heterocycles. The fourth-order valence-electron chi connectivity index (χ4n) is 2.57. The topological polar surface area (TPSA) is 92.8 Å². The highest BCUT2D eigenvalue weighted by molar-refractivity contribution is 7.90. The van der Waals surface area contributed by atoms with Gasteiger partial charge in [-0.05, 0) is 48.9 Å². The lowest BCUT2D eigenvalue weighted by Crippen LogP contribution is -2.37. The molecule has 0 radical (unpaired) electrons. The highest BCUT2D eigenvalue weighted by atomic mass is 32.2. The van der Waals surface area contributed by atoms with Crippen LogP contribution < -0.4 is 9.46 Å². The van der Waals surface area contributed by atoms with E-state index in [1.807, 2.05) is 10.8 Å². The van der Waals surface area contributed by atoms with Crippen molar-refractivity contribution in [1.82, 2.24) is 9.62 Å². The molecule has 7 nitrogen and oxygen atoms in total. The highest BCUT2D eigenvalue weighted by Gasteiger charge is 2.21. The highest BCUT2D eigenvalue weighted by Crippen LogP contribution is 2.23. The van der Waals surface area contributed by atoms with Crippen LogP contribution in [0.1, 0.15) is 20.3 Å². The van der Waals surface area contributed by atoms with Gasteiger partial charge < -0.3 is 9.64 Å². The SMILES string of the molecule is CCN(CC)C(=O)CC(=O)NS(=O)(=O)c1ccc2ccc(OC)cc2c1. The summed E-state index contributed by atoms with van der Waals surface area (Å²) in [6, 6.07) is 9.81. The van der Waals surface area contributed by atoms with Crippen molar-refractivity contribution in [2.24, 2.45) is 0 Å². The van der Waals surface area contributed by atoms with Crippen LogP contribution in [0.3, 0.4) is 0 Å². The lowest BCUT2D eigenvalue weighted by atomic mass is 10.1. The van der Waals surface area contributed by atoms with Crippen molar-refractivity contribution in [3.63, 3.8) is 0 Å². The van der Waals surface area contributed by atoms with Crippen LogP contribution >= 0.6 is 0 Å². The van der Waals surface area contributed by atoms with E-state index in [1.165, 1.54) is 24.1 Å². The Kier molecular flexibility index (Phi) is 6.20. The van der Waals surface area contributed by atoms with Crippen molar-refractivity contribution >= 4 is 32.6 Å². The first-order chi connectivity index (χ1) is 12.3. The van der Waals surface area contributed by atoms with Gasteiger partial charge in [0.2, 0.25) is 11.8 Å². The number of nitrogens with one attached hydrogen (secondary N) is 1. The molecule has 0 spiro atoms. The van der Waals surface area contributed by atoms with E-state index in [0.717, 1.165) is 5.39 Å². The van der Waals surface area contributed by atoms with E-state index < -0.39 is 28.3 Å². The van der Waals surface area contributed by atoms with E-state index in [-0.39, 0.29) is 4.90 Å². The van der Waals surface area contributed by atoms with Gasteiger partial charge in [-0.3, -0.25) is 9.59 Å². The van der Waals surface area contributed by atoms with Crippen LogP contribution in [0.2, 0.25) is 0 Å². The number of hydrogen-bond acceptors (Lipinski definition) is 5. The molecule has 0 heterocycles. The monoisotopic (exact) mass is 378 g/mol. The number of nitrogens with zero attached hydrogens (tertiary/aromatic N) is 1. The van der Waals surface area contributed by atoms with Crippen molar-refractivity contribution in [2.45, 2.75) is 25.2 Å². The predicted molar refractivity (Wildman–Crippen MR) is 98.4 cm³/mol. The van der Waals surface area contributed by atoms with Gasteiger partial charge in [-0.2, -0.15) is 0 Å². The second-order valence-corrected chi connectivity index (χ2v) is 7.33. The zero-order chi connectivity index (χ0) is 19.3. The second kappa shape index (κ2) is 8.18. The molecule has 2 aromatic carbocycles. The summed E-state index contributed by atoms with van der Waals surface area (Å²) >= 11 is 0. The zero-order valence-electron chi connectivity index (χ0n) is 15.0. The maximum atomic E-state index is 12.4. The quantitative estimate of drug-likeness (QED) is 0.743. The Balaban J connectivity index is 2.20. The first-order valence-electron chi connectivity index (χ1n) is 8.22. The van der Waals surface area contributed by atoms with Crippen molar-refractivity contribution < 1.29 is 22.7 Å². The minimum atomic E-state index is -4.07. The summed E-state index contributed by atoms with van der Waals surface area (Å²) in [5, 5.41) is 1.51. The van der Waals surface area contributed by atoms with Crippen LogP contribution in [0.25, 0.3) is 10.8 Å². The molecule has 1 N–H and O–H groups in total. The average molecular weight is 378 g/mol. The number of carbonyl (C=O) groups excluding carboxylic acids is 2. The third kappa shape index (κ3) is 4.51. The molecule has 0 fully saturated rings. The Morgan fingerprint density at radius 3 is 2.31 bits per heavy atom. The predicted octanol–water partition coefficient (Wildman–Crippen LogP) is 1.91. The fourth-order valence-corrected chi connectivity index (χ4v) is 3.59. The maximum absolute atomic E-state index is 12.4. The van der Waals surface area contributed by atoms with Crippen LogP contribution in [0.5, 0.6) is 5.75 Å². The summed E-state index contributed by atoms with van der Waals surface area (Å²) in [5.41, 5.74) is 0. The Morgan fingerprint density at radius 2 is 1.69 bits per heavy atom. The standard InChI is InChI=1S/C18H22N2O5S/c1-4-20(5-2)18(22)12-17(21)19-26(23,24)16-9-7-13-6-8-15(25-3)10-14(13)11-16/h6-11H,4-5,12H2,1-3H3,(H,19,21). The number of sulfonamides is 1. The summed E-state index contributed by atoms with van der Waals surface area (Å²) in [5.74, 6) is -0.667. The molecule has 26 heavy (non-hydrogen) atoms. The molecule has 2 amide bonds. The van der Waals surface area contributed by atoms with Crippen LogP contribution in [-0.2, 0) is 19.6 Å². The Labute approximate surface area is 153 Å². The summed E-state index contributed by atoms with van der Waals surface area (Å²) in [4.78, 5) is 25.3. The van der Waals surface area contributed by atoms with Gasteiger partial charge in [-0.1, -0.05) is 12.1 Å². The average Bonchev–Trinajstić information content (AvgIpc) is 2.61. The van der Waals surface area contributed by atoms with E-state index in [1.54, 1.807) is 32.0 Å². The molecule has 0 aliphatic heterocycles. The molecule has 0 aliphatic carbocycles. The number of rotatable bonds is 7. The molecular formula is C18H22N2O5S. The summed E-state index contributed by atoms with van der Waals surface area (Å²) < 4.78 is 32.0. The van der Waals surface area contributed by atoms with Gasteiger partial charge in [0.1, 0.15) is 12.2 Å². The Hall–Kier alpha value is -2.61. The molecule has 0 saturated carbocycles. The molecule has 0 aliphatic rings. The minimum Gasteiger partial charge on any atom is -0.497 e. The molecule has 140 valence electrons. The van der Waals surface area contributed by atoms with Crippen molar-refractivity contribution in [1.29, 1.82) is 0 Å². The summed E-state index contributed by atoms with van der Waals surface area (Å²) in [7, 11) is -2.54. The van der Waals surface area contributed by atoms with Gasteiger partial charge in [-0.15, -0.1) is 0 Å². The summed E-state index contributed by atoms with van der Waals surface area (Å²) in [6.45, 7) is 4.50. The minimum absolute atomic E-state index is 0.0538. The van der Waals surface area contributed by atoms with E-state index in [9.17, 15) is 18.0 Å². The number of benzene rings is 2.